The first-order valence-corrected chi connectivity index (χ1v) is 10.2. The van der Waals surface area contributed by atoms with E-state index in [1.54, 1.807) is 0 Å². The van der Waals surface area contributed by atoms with Crippen molar-refractivity contribution in [1.29, 1.82) is 0 Å². The predicted molar refractivity (Wildman–Crippen MR) is 82.5 cm³/mol. The summed E-state index contributed by atoms with van der Waals surface area (Å²) in [7, 11) is -1.53. The molecule has 1 saturated carbocycles. The van der Waals surface area contributed by atoms with Crippen LogP contribution < -0.4 is 5.19 Å². The van der Waals surface area contributed by atoms with Crippen molar-refractivity contribution in [3.63, 3.8) is 0 Å². The van der Waals surface area contributed by atoms with Gasteiger partial charge in [0.05, 0.1) is 0 Å². The van der Waals surface area contributed by atoms with Crippen LogP contribution in [0.2, 0.25) is 13.1 Å². The first-order chi connectivity index (χ1) is 8.68. The molecule has 96 valence electrons. The summed E-state index contributed by atoms with van der Waals surface area (Å²) in [5.41, 5.74) is 3.61. The third-order valence-electron chi connectivity index (χ3n) is 4.01. The summed E-state index contributed by atoms with van der Waals surface area (Å²) in [5.74, 6) is 4.39. The van der Waals surface area contributed by atoms with E-state index in [-0.39, 0.29) is 0 Å². The van der Waals surface area contributed by atoms with E-state index >= 15 is 0 Å². The SMILES string of the molecule is C[Si](C)(C#CCC1CCCCC1)c1ccccc1. The molecule has 0 atom stereocenters. The van der Waals surface area contributed by atoms with Crippen LogP contribution in [-0.4, -0.2) is 8.07 Å². The van der Waals surface area contributed by atoms with Gasteiger partial charge in [0.15, 0.2) is 8.07 Å². The Morgan fingerprint density at radius 3 is 2.39 bits per heavy atom. The molecule has 1 aliphatic carbocycles. The van der Waals surface area contributed by atoms with E-state index in [2.05, 4.69) is 54.9 Å². The minimum Gasteiger partial charge on any atom is -0.126 e. The second-order valence-electron chi connectivity index (χ2n) is 6.00. The summed E-state index contributed by atoms with van der Waals surface area (Å²) in [4.78, 5) is 0. The Kier molecular flexibility index (Phi) is 4.66. The van der Waals surface area contributed by atoms with E-state index < -0.39 is 8.07 Å². The van der Waals surface area contributed by atoms with Crippen molar-refractivity contribution in [3.8, 4) is 11.5 Å². The largest absolute Gasteiger partial charge is 0.162 e. The van der Waals surface area contributed by atoms with Gasteiger partial charge in [-0.05, 0) is 23.9 Å². The molecule has 18 heavy (non-hydrogen) atoms. The van der Waals surface area contributed by atoms with E-state index in [4.69, 9.17) is 0 Å². The van der Waals surface area contributed by atoms with Gasteiger partial charge in [0, 0.05) is 6.42 Å². The van der Waals surface area contributed by atoms with Crippen molar-refractivity contribution in [3.05, 3.63) is 30.3 Å². The molecule has 0 bridgehead atoms. The Bertz CT molecular complexity index is 416. The number of benzene rings is 1. The first-order valence-electron chi connectivity index (χ1n) is 7.24. The fraction of sp³-hybridized carbons (Fsp3) is 0.529. The third-order valence-corrected chi connectivity index (χ3v) is 6.59. The van der Waals surface area contributed by atoms with Crippen molar-refractivity contribution < 1.29 is 0 Å². The summed E-state index contributed by atoms with van der Waals surface area (Å²) >= 11 is 0. The highest BCUT2D eigenvalue weighted by Gasteiger charge is 2.20. The van der Waals surface area contributed by atoms with Gasteiger partial charge in [-0.3, -0.25) is 0 Å². The van der Waals surface area contributed by atoms with Gasteiger partial charge in [-0.1, -0.05) is 62.7 Å². The van der Waals surface area contributed by atoms with E-state index in [0.717, 1.165) is 12.3 Å². The number of hydrogen-bond acceptors (Lipinski definition) is 0. The molecular formula is C17H24Si. The zero-order chi connectivity index (χ0) is 12.8. The van der Waals surface area contributed by atoms with Gasteiger partial charge in [0.25, 0.3) is 0 Å². The van der Waals surface area contributed by atoms with Crippen LogP contribution in [0.4, 0.5) is 0 Å². The average Bonchev–Trinajstić information content (AvgIpc) is 2.41. The van der Waals surface area contributed by atoms with Gasteiger partial charge in [0.2, 0.25) is 0 Å². The lowest BCUT2D eigenvalue weighted by atomic mass is 9.87. The van der Waals surface area contributed by atoms with Crippen LogP contribution >= 0.6 is 0 Å². The van der Waals surface area contributed by atoms with E-state index in [9.17, 15) is 0 Å². The summed E-state index contributed by atoms with van der Waals surface area (Å²) in [5, 5.41) is 1.46. The molecule has 0 N–H and O–H groups in total. The van der Waals surface area contributed by atoms with E-state index in [1.165, 1.54) is 37.3 Å². The highest BCUT2D eigenvalue weighted by molar-refractivity contribution is 6.96. The van der Waals surface area contributed by atoms with Crippen LogP contribution in [0.25, 0.3) is 0 Å². The van der Waals surface area contributed by atoms with Crippen LogP contribution in [0.5, 0.6) is 0 Å². The summed E-state index contributed by atoms with van der Waals surface area (Å²) in [6, 6.07) is 10.8. The van der Waals surface area contributed by atoms with Crippen molar-refractivity contribution in [2.45, 2.75) is 51.6 Å². The van der Waals surface area contributed by atoms with Gasteiger partial charge < -0.3 is 0 Å². The van der Waals surface area contributed by atoms with Crippen molar-refractivity contribution in [2.75, 3.05) is 0 Å². The van der Waals surface area contributed by atoms with Crippen LogP contribution in [0.1, 0.15) is 38.5 Å². The van der Waals surface area contributed by atoms with Crippen molar-refractivity contribution in [1.82, 2.24) is 0 Å². The summed E-state index contributed by atoms with van der Waals surface area (Å²) in [6.45, 7) is 4.71. The molecule has 2 rings (SSSR count). The normalized spacial score (nSPS) is 17.0. The fourth-order valence-electron chi connectivity index (χ4n) is 2.73. The first kappa shape index (κ1) is 13.4. The molecule has 0 spiro atoms. The van der Waals surface area contributed by atoms with Crippen LogP contribution in [-0.2, 0) is 0 Å². The van der Waals surface area contributed by atoms with Crippen LogP contribution in [0.15, 0.2) is 30.3 Å². The lowest BCUT2D eigenvalue weighted by molar-refractivity contribution is 0.365. The third kappa shape index (κ3) is 3.75. The molecule has 0 aromatic heterocycles. The molecule has 1 aromatic rings. The maximum Gasteiger partial charge on any atom is 0.162 e. The number of rotatable bonds is 2. The van der Waals surface area contributed by atoms with E-state index in [0.29, 0.717) is 0 Å². The zero-order valence-corrected chi connectivity index (χ0v) is 12.7. The van der Waals surface area contributed by atoms with Gasteiger partial charge >= 0.3 is 0 Å². The summed E-state index contributed by atoms with van der Waals surface area (Å²) < 4.78 is 0. The zero-order valence-electron chi connectivity index (χ0n) is 11.7. The monoisotopic (exact) mass is 256 g/mol. The fourth-order valence-corrected chi connectivity index (χ4v) is 4.45. The van der Waals surface area contributed by atoms with Gasteiger partial charge in [0.1, 0.15) is 0 Å². The second-order valence-corrected chi connectivity index (χ2v) is 10.1. The molecule has 0 saturated heterocycles. The smallest absolute Gasteiger partial charge is 0.126 e. The maximum absolute atomic E-state index is 3.61. The Morgan fingerprint density at radius 1 is 1.06 bits per heavy atom. The van der Waals surface area contributed by atoms with Crippen LogP contribution in [0, 0.1) is 17.4 Å². The predicted octanol–water partition coefficient (Wildman–Crippen LogP) is 4.12. The highest BCUT2D eigenvalue weighted by atomic mass is 28.3. The molecule has 1 heteroatoms. The topological polar surface area (TPSA) is 0 Å². The minimum absolute atomic E-state index is 0.881. The molecule has 1 aromatic carbocycles. The molecule has 0 nitrogen and oxygen atoms in total. The van der Waals surface area contributed by atoms with Crippen molar-refractivity contribution >= 4 is 13.3 Å². The highest BCUT2D eigenvalue weighted by Crippen LogP contribution is 2.25. The van der Waals surface area contributed by atoms with Crippen molar-refractivity contribution in [2.24, 2.45) is 5.92 Å². The van der Waals surface area contributed by atoms with Gasteiger partial charge in [-0.25, -0.2) is 0 Å². The minimum atomic E-state index is -1.53. The Morgan fingerprint density at radius 2 is 1.72 bits per heavy atom. The quantitative estimate of drug-likeness (QED) is 0.552. The molecule has 0 amide bonds. The molecule has 0 heterocycles. The number of hydrogen-bond donors (Lipinski definition) is 0. The molecule has 0 radical (unpaired) electrons. The second kappa shape index (κ2) is 6.25. The maximum atomic E-state index is 3.61. The van der Waals surface area contributed by atoms with Gasteiger partial charge in [-0.2, -0.15) is 0 Å². The molecule has 0 unspecified atom stereocenters. The van der Waals surface area contributed by atoms with Gasteiger partial charge in [-0.15, -0.1) is 11.5 Å². The molecule has 1 aliphatic rings. The summed E-state index contributed by atoms with van der Waals surface area (Å²) in [6.07, 6.45) is 8.22. The Balaban J connectivity index is 1.95. The average molecular weight is 256 g/mol. The molecular weight excluding hydrogens is 232 g/mol. The Hall–Kier alpha value is -1.00. The molecule has 1 fully saturated rings. The standard InChI is InChI=1S/C17H24Si/c1-18(2,17-13-7-4-8-14-17)15-9-12-16-10-5-3-6-11-16/h4,7-8,13-14,16H,3,5-6,10-12H2,1-2H3. The lowest BCUT2D eigenvalue weighted by Crippen LogP contribution is -2.39. The lowest BCUT2D eigenvalue weighted by Gasteiger charge is -2.19. The Labute approximate surface area is 113 Å². The van der Waals surface area contributed by atoms with E-state index in [1.807, 2.05) is 0 Å². The molecule has 0 aliphatic heterocycles. The van der Waals surface area contributed by atoms with Crippen LogP contribution in [0.3, 0.4) is 0 Å².